The molecule has 5 nitrogen and oxygen atoms in total. The molecule has 1 saturated carbocycles. The van der Waals surface area contributed by atoms with Gasteiger partial charge in [-0.25, -0.2) is 8.42 Å². The van der Waals surface area contributed by atoms with Gasteiger partial charge in [-0.15, -0.1) is 11.3 Å². The zero-order chi connectivity index (χ0) is 17.4. The van der Waals surface area contributed by atoms with Crippen LogP contribution in [0.4, 0.5) is 0 Å². The van der Waals surface area contributed by atoms with Crippen LogP contribution >= 0.6 is 11.3 Å². The quantitative estimate of drug-likeness (QED) is 0.892. The Morgan fingerprint density at radius 1 is 1.32 bits per heavy atom. The van der Waals surface area contributed by atoms with E-state index >= 15 is 0 Å². The molecule has 1 spiro atoms. The number of amides is 1. The standard InChI is InChI=1S/C18H20N2O3S2/c1-25(22,23)13-3-2-11-8-15(24-14(11)9-13)17(21)19-16-12-4-7-20(10-12)18(16)5-6-18/h2-3,8-9,12,16H,4-7,10H2,1H3,(H,19,21)/t12?,16-/m1/s1. The number of nitrogens with zero attached hydrogens (tertiary/aromatic N) is 1. The largest absolute Gasteiger partial charge is 0.346 e. The Morgan fingerprint density at radius 3 is 2.84 bits per heavy atom. The lowest BCUT2D eigenvalue weighted by Gasteiger charge is -2.33. The molecule has 3 aliphatic rings. The number of sulfone groups is 1. The predicted octanol–water partition coefficient (Wildman–Crippen LogP) is 2.27. The third-order valence-corrected chi connectivity index (χ3v) is 8.30. The van der Waals surface area contributed by atoms with E-state index in [2.05, 4.69) is 10.2 Å². The number of hydrogen-bond donors (Lipinski definition) is 1. The van der Waals surface area contributed by atoms with E-state index in [0.29, 0.717) is 15.7 Å². The maximum atomic E-state index is 12.8. The second-order valence-electron chi connectivity index (χ2n) is 7.63. The van der Waals surface area contributed by atoms with Crippen molar-refractivity contribution in [3.05, 3.63) is 29.1 Å². The molecular weight excluding hydrogens is 356 g/mol. The van der Waals surface area contributed by atoms with Crippen molar-refractivity contribution in [3.63, 3.8) is 0 Å². The Labute approximate surface area is 150 Å². The summed E-state index contributed by atoms with van der Waals surface area (Å²) in [6, 6.07) is 7.19. The molecule has 1 aromatic heterocycles. The lowest BCUT2D eigenvalue weighted by atomic mass is 9.92. The summed E-state index contributed by atoms with van der Waals surface area (Å²) in [6.45, 7) is 2.29. The van der Waals surface area contributed by atoms with Gasteiger partial charge in [-0.2, -0.15) is 0 Å². The molecule has 25 heavy (non-hydrogen) atoms. The highest BCUT2D eigenvalue weighted by Gasteiger charge is 2.63. The third-order valence-electron chi connectivity index (χ3n) is 6.10. The molecule has 1 N–H and O–H groups in total. The monoisotopic (exact) mass is 376 g/mol. The first-order valence-electron chi connectivity index (χ1n) is 8.66. The highest BCUT2D eigenvalue weighted by atomic mass is 32.2. The van der Waals surface area contributed by atoms with Crippen LogP contribution in [-0.4, -0.2) is 50.2 Å². The summed E-state index contributed by atoms with van der Waals surface area (Å²) < 4.78 is 24.3. The number of hydrogen-bond acceptors (Lipinski definition) is 5. The zero-order valence-corrected chi connectivity index (χ0v) is 15.6. The van der Waals surface area contributed by atoms with E-state index in [-0.39, 0.29) is 17.5 Å². The predicted molar refractivity (Wildman–Crippen MR) is 97.8 cm³/mol. The number of piperidine rings is 1. The average Bonchev–Trinajstić information content (AvgIpc) is 2.96. The molecule has 132 valence electrons. The Hall–Kier alpha value is -1.44. The van der Waals surface area contributed by atoms with Gasteiger partial charge in [0.2, 0.25) is 0 Å². The molecule has 3 fully saturated rings. The van der Waals surface area contributed by atoms with Crippen molar-refractivity contribution in [3.8, 4) is 0 Å². The van der Waals surface area contributed by atoms with Gasteiger partial charge in [0.15, 0.2) is 9.84 Å². The van der Waals surface area contributed by atoms with Gasteiger partial charge in [-0.3, -0.25) is 9.69 Å². The highest BCUT2D eigenvalue weighted by molar-refractivity contribution is 7.90. The summed E-state index contributed by atoms with van der Waals surface area (Å²) in [5.41, 5.74) is 0.235. The van der Waals surface area contributed by atoms with Gasteiger partial charge in [0.1, 0.15) is 0 Å². The van der Waals surface area contributed by atoms with Crippen LogP contribution in [-0.2, 0) is 9.84 Å². The number of benzene rings is 1. The van der Waals surface area contributed by atoms with E-state index in [1.54, 1.807) is 18.2 Å². The van der Waals surface area contributed by atoms with Crippen LogP contribution in [0.2, 0.25) is 0 Å². The molecular formula is C18H20N2O3S2. The third kappa shape index (κ3) is 2.36. The van der Waals surface area contributed by atoms with Crippen LogP contribution in [0.5, 0.6) is 0 Å². The topological polar surface area (TPSA) is 66.5 Å². The van der Waals surface area contributed by atoms with E-state index in [4.69, 9.17) is 0 Å². The van der Waals surface area contributed by atoms with Crippen LogP contribution in [0.1, 0.15) is 28.9 Å². The first kappa shape index (κ1) is 15.8. The van der Waals surface area contributed by atoms with Crippen LogP contribution < -0.4 is 5.32 Å². The molecule has 0 radical (unpaired) electrons. The fraction of sp³-hybridized carbons (Fsp3) is 0.500. The summed E-state index contributed by atoms with van der Waals surface area (Å²) in [7, 11) is -3.24. The molecule has 1 amide bonds. The summed E-state index contributed by atoms with van der Waals surface area (Å²) in [5.74, 6) is 0.560. The minimum Gasteiger partial charge on any atom is -0.346 e. The summed E-state index contributed by atoms with van der Waals surface area (Å²) in [5, 5.41) is 4.21. The van der Waals surface area contributed by atoms with E-state index in [1.165, 1.54) is 43.4 Å². The Kier molecular flexibility index (Phi) is 3.19. The molecule has 2 unspecified atom stereocenters. The molecule has 3 heterocycles. The number of carbonyl (C=O) groups excluding carboxylic acids is 1. The highest BCUT2D eigenvalue weighted by Crippen LogP contribution is 2.55. The van der Waals surface area contributed by atoms with Gasteiger partial charge in [0.05, 0.1) is 15.8 Å². The maximum absolute atomic E-state index is 12.8. The van der Waals surface area contributed by atoms with Crippen LogP contribution in [0.3, 0.4) is 0 Å². The number of thiophene rings is 1. The number of rotatable bonds is 3. The van der Waals surface area contributed by atoms with Gasteiger partial charge in [0.25, 0.3) is 5.91 Å². The zero-order valence-electron chi connectivity index (χ0n) is 14.0. The lowest BCUT2D eigenvalue weighted by Crippen LogP contribution is -2.51. The van der Waals surface area contributed by atoms with Crippen molar-refractivity contribution < 1.29 is 13.2 Å². The van der Waals surface area contributed by atoms with Crippen molar-refractivity contribution >= 4 is 37.2 Å². The van der Waals surface area contributed by atoms with Crippen LogP contribution in [0, 0.1) is 5.92 Å². The summed E-state index contributed by atoms with van der Waals surface area (Å²) in [4.78, 5) is 16.3. The second-order valence-corrected chi connectivity index (χ2v) is 10.7. The smallest absolute Gasteiger partial charge is 0.261 e. The number of nitrogens with one attached hydrogen (secondary N) is 1. The molecule has 2 bridgehead atoms. The molecule has 3 atom stereocenters. The van der Waals surface area contributed by atoms with Gasteiger partial charge >= 0.3 is 0 Å². The Balaban J connectivity index is 1.42. The molecule has 1 aromatic carbocycles. The Bertz CT molecular complexity index is 991. The number of fused-ring (bicyclic) bond motifs is 4. The van der Waals surface area contributed by atoms with Gasteiger partial charge < -0.3 is 5.32 Å². The number of carbonyl (C=O) groups is 1. The molecule has 2 aliphatic heterocycles. The van der Waals surface area contributed by atoms with Crippen molar-refractivity contribution in [2.75, 3.05) is 19.3 Å². The molecule has 2 saturated heterocycles. The molecule has 1 aliphatic carbocycles. The normalized spacial score (nSPS) is 29.4. The first-order chi connectivity index (χ1) is 11.9. The van der Waals surface area contributed by atoms with Crippen LogP contribution in [0.25, 0.3) is 10.1 Å². The summed E-state index contributed by atoms with van der Waals surface area (Å²) in [6.07, 6.45) is 4.77. The van der Waals surface area contributed by atoms with E-state index in [1.807, 2.05) is 6.07 Å². The fourth-order valence-electron chi connectivity index (χ4n) is 4.67. The van der Waals surface area contributed by atoms with Crippen molar-refractivity contribution in [1.29, 1.82) is 0 Å². The maximum Gasteiger partial charge on any atom is 0.261 e. The SMILES string of the molecule is CS(=O)(=O)c1ccc2cc(C(=O)N[C@@H]3C4CCN(C4)C34CC4)sc2c1. The van der Waals surface area contributed by atoms with Crippen molar-refractivity contribution in [2.45, 2.75) is 35.7 Å². The van der Waals surface area contributed by atoms with E-state index in [0.717, 1.165) is 16.6 Å². The summed E-state index contributed by atoms with van der Waals surface area (Å²) >= 11 is 1.37. The Morgan fingerprint density at radius 2 is 2.12 bits per heavy atom. The fourth-order valence-corrected chi connectivity index (χ4v) is 6.40. The van der Waals surface area contributed by atoms with Gasteiger partial charge in [-0.1, -0.05) is 6.07 Å². The van der Waals surface area contributed by atoms with Gasteiger partial charge in [0, 0.05) is 23.0 Å². The van der Waals surface area contributed by atoms with Crippen molar-refractivity contribution in [1.82, 2.24) is 10.2 Å². The van der Waals surface area contributed by atoms with Crippen molar-refractivity contribution in [2.24, 2.45) is 5.92 Å². The van der Waals surface area contributed by atoms with Gasteiger partial charge in [-0.05, 0) is 55.3 Å². The molecule has 7 heteroatoms. The minimum atomic E-state index is -3.24. The van der Waals surface area contributed by atoms with E-state index in [9.17, 15) is 13.2 Å². The lowest BCUT2D eigenvalue weighted by molar-refractivity contribution is 0.0896. The second kappa shape index (κ2) is 5.05. The average molecular weight is 377 g/mol. The molecule has 5 rings (SSSR count). The van der Waals surface area contributed by atoms with E-state index < -0.39 is 9.84 Å². The minimum absolute atomic E-state index is 0.0212. The molecule has 2 aromatic rings. The first-order valence-corrected chi connectivity index (χ1v) is 11.4. The van der Waals surface area contributed by atoms with Crippen LogP contribution in [0.15, 0.2) is 29.2 Å².